The van der Waals surface area contributed by atoms with Crippen LogP contribution in [-0.2, 0) is 17.6 Å². The number of para-hydroxylation sites is 1. The molecule has 0 aliphatic heterocycles. The molecule has 3 aromatic carbocycles. The predicted molar refractivity (Wildman–Crippen MR) is 145 cm³/mol. The van der Waals surface area contributed by atoms with Crippen LogP contribution in [0.15, 0.2) is 77.7 Å². The summed E-state index contributed by atoms with van der Waals surface area (Å²) in [5, 5.41) is 1.06. The molecule has 0 bridgehead atoms. The molecule has 0 aliphatic carbocycles. The number of hydrogen-bond acceptors (Lipinski definition) is 6. The molecule has 0 saturated carbocycles. The predicted octanol–water partition coefficient (Wildman–Crippen LogP) is 7.64. The number of nitrogens with one attached hydrogen (secondary N) is 1. The van der Waals surface area contributed by atoms with E-state index in [1.807, 2.05) is 44.2 Å². The Morgan fingerprint density at radius 3 is 2.56 bits per heavy atom. The zero-order valence-electron chi connectivity index (χ0n) is 20.2. The molecule has 1 aromatic heterocycles. The lowest BCUT2D eigenvalue weighted by molar-refractivity contribution is 0.0600. The van der Waals surface area contributed by atoms with Crippen molar-refractivity contribution in [2.45, 2.75) is 51.0 Å². The summed E-state index contributed by atoms with van der Waals surface area (Å²) in [6.07, 6.45) is 3.05. The number of carbonyl (C=O) groups excluding carboxylic acids is 1. The van der Waals surface area contributed by atoms with Crippen molar-refractivity contribution < 1.29 is 9.53 Å². The highest BCUT2D eigenvalue weighted by atomic mass is 32.2. The minimum absolute atomic E-state index is 0.0380. The van der Waals surface area contributed by atoms with E-state index in [0.717, 1.165) is 34.7 Å². The molecule has 0 radical (unpaired) electrons. The molecular formula is C28H32N2O2S2. The highest BCUT2D eigenvalue weighted by Crippen LogP contribution is 2.31. The lowest BCUT2D eigenvalue weighted by Gasteiger charge is -2.17. The van der Waals surface area contributed by atoms with Gasteiger partial charge in [0, 0.05) is 4.90 Å². The van der Waals surface area contributed by atoms with Crippen molar-refractivity contribution in [3.05, 3.63) is 94.5 Å². The Kier molecular flexibility index (Phi) is 10.1. The van der Waals surface area contributed by atoms with Crippen molar-refractivity contribution in [1.82, 2.24) is 9.71 Å². The Hall–Kier alpha value is -2.67. The molecule has 6 heteroatoms. The fourth-order valence-corrected chi connectivity index (χ4v) is 5.50. The number of methoxy groups -OCH3 is 1. The summed E-state index contributed by atoms with van der Waals surface area (Å²) in [6, 6.07) is 24.6. The van der Waals surface area contributed by atoms with Crippen molar-refractivity contribution in [1.29, 1.82) is 0 Å². The van der Waals surface area contributed by atoms with Gasteiger partial charge in [-0.1, -0.05) is 69.7 Å². The molecule has 0 spiro atoms. The van der Waals surface area contributed by atoms with Crippen LogP contribution in [0, 0.1) is 0 Å². The van der Waals surface area contributed by atoms with E-state index in [-0.39, 0.29) is 12.0 Å². The van der Waals surface area contributed by atoms with Crippen LogP contribution < -0.4 is 4.72 Å². The minimum atomic E-state index is -0.331. The maximum atomic E-state index is 11.9. The largest absolute Gasteiger partial charge is 0.465 e. The summed E-state index contributed by atoms with van der Waals surface area (Å²) in [6.45, 7) is 6.21. The molecule has 4 nitrogen and oxygen atoms in total. The number of carbonyl (C=O) groups is 1. The first-order valence-corrected chi connectivity index (χ1v) is 13.3. The number of nitrogens with zero attached hydrogens (tertiary/aromatic N) is 1. The van der Waals surface area contributed by atoms with E-state index in [9.17, 15) is 4.79 Å². The highest BCUT2D eigenvalue weighted by molar-refractivity contribution is 7.97. The Labute approximate surface area is 210 Å². The first-order valence-electron chi connectivity index (χ1n) is 11.7. The lowest BCUT2D eigenvalue weighted by Crippen LogP contribution is -2.17. The van der Waals surface area contributed by atoms with Crippen molar-refractivity contribution in [2.24, 2.45) is 0 Å². The quantitative estimate of drug-likeness (QED) is 0.192. The Morgan fingerprint density at radius 2 is 1.79 bits per heavy atom. The van der Waals surface area contributed by atoms with Gasteiger partial charge in [-0.15, -0.1) is 11.3 Å². The molecule has 1 heterocycles. The van der Waals surface area contributed by atoms with E-state index >= 15 is 0 Å². The van der Waals surface area contributed by atoms with E-state index in [4.69, 9.17) is 9.72 Å². The van der Waals surface area contributed by atoms with Crippen LogP contribution in [0.5, 0.6) is 0 Å². The van der Waals surface area contributed by atoms with Crippen molar-refractivity contribution in [3.8, 4) is 0 Å². The molecule has 1 unspecified atom stereocenters. The smallest absolute Gasteiger partial charge is 0.337 e. The van der Waals surface area contributed by atoms with Gasteiger partial charge in [-0.2, -0.15) is 0 Å². The maximum absolute atomic E-state index is 11.9. The van der Waals surface area contributed by atoms with E-state index in [1.54, 1.807) is 17.4 Å². The molecule has 34 heavy (non-hydrogen) atoms. The van der Waals surface area contributed by atoms with E-state index in [0.29, 0.717) is 5.56 Å². The molecule has 0 amide bonds. The number of hydrogen-bond donors (Lipinski definition) is 1. The number of rotatable bonds is 9. The average Bonchev–Trinajstić information content (AvgIpc) is 3.32. The Balaban J connectivity index is 0.00000158. The van der Waals surface area contributed by atoms with E-state index in [2.05, 4.69) is 48.0 Å². The van der Waals surface area contributed by atoms with Gasteiger partial charge in [-0.3, -0.25) is 0 Å². The average molecular weight is 493 g/mol. The number of fused-ring (bicyclic) bond motifs is 1. The van der Waals surface area contributed by atoms with Gasteiger partial charge < -0.3 is 4.74 Å². The van der Waals surface area contributed by atoms with E-state index < -0.39 is 0 Å². The van der Waals surface area contributed by atoms with Crippen LogP contribution in [0.4, 0.5) is 0 Å². The lowest BCUT2D eigenvalue weighted by atomic mass is 10.0. The molecule has 178 valence electrons. The highest BCUT2D eigenvalue weighted by Gasteiger charge is 2.18. The minimum Gasteiger partial charge on any atom is -0.465 e. The maximum Gasteiger partial charge on any atom is 0.337 e. The summed E-state index contributed by atoms with van der Waals surface area (Å²) in [5.74, 6) is -0.331. The van der Waals surface area contributed by atoms with Gasteiger partial charge in [0.05, 0.1) is 28.9 Å². The summed E-state index contributed by atoms with van der Waals surface area (Å²) < 4.78 is 9.65. The molecule has 1 N–H and O–H groups in total. The number of benzene rings is 3. The topological polar surface area (TPSA) is 51.2 Å². The molecule has 1 atom stereocenters. The van der Waals surface area contributed by atoms with Gasteiger partial charge in [0.2, 0.25) is 0 Å². The standard InChI is InChI=1S/C26H26N2O2S2.C2H6/c1-3-8-18-9-6-10-19(15-18)16-23(25-27-22-13-4-5-14-24(22)31-25)28-32-21-12-7-11-20(17-21)26(29)30-2;1-2/h4-7,9-15,17,23,28H,3,8,16H2,1-2H3;1-2H3. The third-order valence-electron chi connectivity index (χ3n) is 5.15. The van der Waals surface area contributed by atoms with Crippen molar-refractivity contribution in [3.63, 3.8) is 0 Å². The van der Waals surface area contributed by atoms with Crippen molar-refractivity contribution >= 4 is 39.5 Å². The second-order valence-corrected chi connectivity index (χ2v) is 9.56. The third-order valence-corrected chi connectivity index (χ3v) is 7.19. The normalized spacial score (nSPS) is 11.5. The van der Waals surface area contributed by atoms with Gasteiger partial charge in [0.15, 0.2) is 0 Å². The molecule has 4 rings (SSSR count). The summed E-state index contributed by atoms with van der Waals surface area (Å²) in [4.78, 5) is 17.8. The molecular weight excluding hydrogens is 460 g/mol. The fourth-order valence-electron chi connectivity index (χ4n) is 3.60. The number of esters is 1. The van der Waals surface area contributed by atoms with Crippen molar-refractivity contribution in [2.75, 3.05) is 7.11 Å². The van der Waals surface area contributed by atoms with Gasteiger partial charge in [0.25, 0.3) is 0 Å². The number of aromatic nitrogens is 1. The monoisotopic (exact) mass is 492 g/mol. The van der Waals surface area contributed by atoms with Crippen LogP contribution in [-0.4, -0.2) is 18.1 Å². The summed E-state index contributed by atoms with van der Waals surface area (Å²) in [5.41, 5.74) is 4.22. The SMILES string of the molecule is CC.CCCc1cccc(CC(NSc2cccc(C(=O)OC)c2)c2nc3ccccc3s2)c1. The van der Waals surface area contributed by atoms with Gasteiger partial charge in [0.1, 0.15) is 5.01 Å². The van der Waals surface area contributed by atoms with Crippen LogP contribution >= 0.6 is 23.3 Å². The molecule has 0 aliphatic rings. The number of ether oxygens (including phenoxy) is 1. The Morgan fingerprint density at radius 1 is 1.03 bits per heavy atom. The molecule has 0 saturated heterocycles. The third kappa shape index (κ3) is 6.92. The van der Waals surface area contributed by atoms with E-state index in [1.165, 1.54) is 34.9 Å². The summed E-state index contributed by atoms with van der Waals surface area (Å²) in [7, 11) is 1.40. The zero-order chi connectivity index (χ0) is 24.3. The Bertz CT molecular complexity index is 1170. The zero-order valence-corrected chi connectivity index (χ0v) is 21.8. The fraction of sp³-hybridized carbons (Fsp3) is 0.286. The molecule has 0 fully saturated rings. The second-order valence-electron chi connectivity index (χ2n) is 7.59. The van der Waals surface area contributed by atoms with Gasteiger partial charge in [-0.25, -0.2) is 14.5 Å². The number of thiazole rings is 1. The summed E-state index contributed by atoms with van der Waals surface area (Å²) >= 11 is 3.24. The first kappa shape index (κ1) is 25.9. The van der Waals surface area contributed by atoms with Crippen LogP contribution in [0.25, 0.3) is 10.2 Å². The second kappa shape index (κ2) is 13.3. The number of aryl methyl sites for hydroxylation is 1. The van der Waals surface area contributed by atoms with Crippen LogP contribution in [0.3, 0.4) is 0 Å². The van der Waals surface area contributed by atoms with Gasteiger partial charge in [-0.05, 0) is 66.2 Å². The molecule has 4 aromatic rings. The van der Waals surface area contributed by atoms with Gasteiger partial charge >= 0.3 is 5.97 Å². The van der Waals surface area contributed by atoms with Crippen LogP contribution in [0.2, 0.25) is 0 Å². The first-order chi connectivity index (χ1) is 16.7. The van der Waals surface area contributed by atoms with Crippen LogP contribution in [0.1, 0.15) is 59.7 Å².